The summed E-state index contributed by atoms with van der Waals surface area (Å²) < 4.78 is 10.8. The van der Waals surface area contributed by atoms with Crippen LogP contribution in [0.4, 0.5) is 0 Å². The van der Waals surface area contributed by atoms with Crippen molar-refractivity contribution in [3.8, 4) is 11.5 Å². The molecule has 0 radical (unpaired) electrons. The van der Waals surface area contributed by atoms with E-state index in [0.717, 1.165) is 30.8 Å². The molecule has 8 heteroatoms. The molecule has 26 heavy (non-hydrogen) atoms. The lowest BCUT2D eigenvalue weighted by atomic mass is 10.3. The molecule has 0 spiro atoms. The highest BCUT2D eigenvalue weighted by Crippen LogP contribution is 2.18. The summed E-state index contributed by atoms with van der Waals surface area (Å²) in [5, 5.41) is 9.36. The maximum atomic E-state index is 11.6. The lowest BCUT2D eigenvalue weighted by molar-refractivity contribution is -0.121. The molecule has 3 N–H and O–H groups in total. The smallest absolute Gasteiger partial charge is 0.220 e. The number of methoxy groups -OCH3 is 1. The van der Waals surface area contributed by atoms with Crippen LogP contribution < -0.4 is 25.4 Å². The summed E-state index contributed by atoms with van der Waals surface area (Å²) in [6, 6.07) is 7.91. The van der Waals surface area contributed by atoms with Gasteiger partial charge >= 0.3 is 0 Å². The molecular formula is C18H29IN4O3. The van der Waals surface area contributed by atoms with E-state index in [2.05, 4.69) is 20.9 Å². The van der Waals surface area contributed by atoms with Gasteiger partial charge in [-0.25, -0.2) is 0 Å². The van der Waals surface area contributed by atoms with Crippen LogP contribution in [0.2, 0.25) is 0 Å². The lowest BCUT2D eigenvalue weighted by Crippen LogP contribution is -2.40. The zero-order valence-electron chi connectivity index (χ0n) is 15.4. The molecule has 0 atom stereocenters. The molecule has 0 bridgehead atoms. The monoisotopic (exact) mass is 476 g/mol. The van der Waals surface area contributed by atoms with Crippen LogP contribution in [-0.4, -0.2) is 51.8 Å². The highest BCUT2D eigenvalue weighted by Gasteiger charge is 2.22. The predicted molar refractivity (Wildman–Crippen MR) is 114 cm³/mol. The van der Waals surface area contributed by atoms with Gasteiger partial charge in [-0.15, -0.1) is 24.0 Å². The zero-order chi connectivity index (χ0) is 17.9. The highest BCUT2D eigenvalue weighted by molar-refractivity contribution is 14.0. The fraction of sp³-hybridized carbons (Fsp3) is 0.556. The van der Waals surface area contributed by atoms with Crippen molar-refractivity contribution in [2.75, 3.05) is 33.9 Å². The van der Waals surface area contributed by atoms with E-state index in [-0.39, 0.29) is 29.9 Å². The van der Waals surface area contributed by atoms with E-state index in [1.165, 1.54) is 0 Å². The van der Waals surface area contributed by atoms with Gasteiger partial charge < -0.3 is 25.4 Å². The Labute approximate surface area is 172 Å². The van der Waals surface area contributed by atoms with E-state index in [1.807, 2.05) is 24.3 Å². The van der Waals surface area contributed by atoms with Crippen molar-refractivity contribution in [3.63, 3.8) is 0 Å². The van der Waals surface area contributed by atoms with Crippen molar-refractivity contribution in [2.24, 2.45) is 4.99 Å². The molecule has 146 valence electrons. The summed E-state index contributed by atoms with van der Waals surface area (Å²) in [5.41, 5.74) is 0. The van der Waals surface area contributed by atoms with E-state index in [4.69, 9.17) is 9.47 Å². The van der Waals surface area contributed by atoms with Gasteiger partial charge in [-0.3, -0.25) is 9.79 Å². The number of halogens is 1. The van der Waals surface area contributed by atoms with Gasteiger partial charge in [0.05, 0.1) is 13.7 Å². The van der Waals surface area contributed by atoms with Gasteiger partial charge in [-0.2, -0.15) is 0 Å². The average molecular weight is 476 g/mol. The lowest BCUT2D eigenvalue weighted by Gasteiger charge is -2.12. The first-order valence-corrected chi connectivity index (χ1v) is 8.72. The molecule has 2 rings (SSSR count). The molecule has 1 aromatic rings. The van der Waals surface area contributed by atoms with Crippen LogP contribution in [0.15, 0.2) is 29.3 Å². The Morgan fingerprint density at radius 2 is 1.81 bits per heavy atom. The Kier molecular flexibility index (Phi) is 10.8. The van der Waals surface area contributed by atoms with Crippen LogP contribution in [0.3, 0.4) is 0 Å². The number of carbonyl (C=O) groups excluding carboxylic acids is 1. The number of ether oxygens (including phenoxy) is 2. The SMILES string of the molecule is CN=C(NCCCC(=O)NC1CC1)NCCOc1ccc(OC)cc1.I. The molecule has 0 aromatic heterocycles. The number of nitrogens with zero attached hydrogens (tertiary/aromatic N) is 1. The van der Waals surface area contributed by atoms with Crippen molar-refractivity contribution in [3.05, 3.63) is 24.3 Å². The number of hydrogen-bond acceptors (Lipinski definition) is 4. The number of carbonyl (C=O) groups is 1. The topological polar surface area (TPSA) is 84.0 Å². The van der Waals surface area contributed by atoms with Gasteiger partial charge in [-0.1, -0.05) is 0 Å². The minimum absolute atomic E-state index is 0. The molecule has 1 saturated carbocycles. The Bertz CT molecular complexity index is 562. The maximum Gasteiger partial charge on any atom is 0.220 e. The van der Waals surface area contributed by atoms with Crippen LogP contribution in [0.1, 0.15) is 25.7 Å². The number of nitrogens with one attached hydrogen (secondary N) is 3. The second-order valence-corrected chi connectivity index (χ2v) is 5.90. The third-order valence-corrected chi connectivity index (χ3v) is 3.76. The summed E-state index contributed by atoms with van der Waals surface area (Å²) in [6.07, 6.45) is 3.57. The third-order valence-electron chi connectivity index (χ3n) is 3.76. The number of rotatable bonds is 10. The molecule has 1 fully saturated rings. The molecule has 0 unspecified atom stereocenters. The molecule has 1 aliphatic rings. The Hall–Kier alpha value is -1.71. The highest BCUT2D eigenvalue weighted by atomic mass is 127. The van der Waals surface area contributed by atoms with E-state index in [0.29, 0.717) is 38.1 Å². The van der Waals surface area contributed by atoms with Crippen molar-refractivity contribution in [1.82, 2.24) is 16.0 Å². The number of benzene rings is 1. The second-order valence-electron chi connectivity index (χ2n) is 5.90. The predicted octanol–water partition coefficient (Wildman–Crippen LogP) is 1.92. The maximum absolute atomic E-state index is 11.6. The quantitative estimate of drug-likeness (QED) is 0.208. The first-order chi connectivity index (χ1) is 12.2. The average Bonchev–Trinajstić information content (AvgIpc) is 3.44. The van der Waals surface area contributed by atoms with Gasteiger partial charge in [0.2, 0.25) is 5.91 Å². The molecule has 0 heterocycles. The summed E-state index contributed by atoms with van der Waals surface area (Å²) in [7, 11) is 3.36. The van der Waals surface area contributed by atoms with E-state index in [1.54, 1.807) is 14.2 Å². The number of amides is 1. The first kappa shape index (κ1) is 22.3. The van der Waals surface area contributed by atoms with E-state index >= 15 is 0 Å². The molecular weight excluding hydrogens is 447 g/mol. The molecule has 0 saturated heterocycles. The minimum Gasteiger partial charge on any atom is -0.497 e. The van der Waals surface area contributed by atoms with E-state index in [9.17, 15) is 4.79 Å². The van der Waals surface area contributed by atoms with Crippen molar-refractivity contribution < 1.29 is 14.3 Å². The summed E-state index contributed by atoms with van der Waals surface area (Å²) in [5.74, 6) is 2.45. The van der Waals surface area contributed by atoms with Gasteiger partial charge in [0, 0.05) is 26.1 Å². The molecule has 1 amide bonds. The normalized spacial score (nSPS) is 13.4. The van der Waals surface area contributed by atoms with Crippen molar-refractivity contribution in [1.29, 1.82) is 0 Å². The van der Waals surface area contributed by atoms with Gasteiger partial charge in [0.15, 0.2) is 5.96 Å². The minimum atomic E-state index is 0. The summed E-state index contributed by atoms with van der Waals surface area (Å²) in [4.78, 5) is 15.7. The summed E-state index contributed by atoms with van der Waals surface area (Å²) in [6.45, 7) is 1.86. The van der Waals surface area contributed by atoms with Crippen molar-refractivity contribution in [2.45, 2.75) is 31.7 Å². The number of aliphatic imine (C=N–C) groups is 1. The fourth-order valence-corrected chi connectivity index (χ4v) is 2.21. The first-order valence-electron chi connectivity index (χ1n) is 8.72. The summed E-state index contributed by atoms with van der Waals surface area (Å²) >= 11 is 0. The molecule has 1 aromatic carbocycles. The molecule has 1 aliphatic carbocycles. The van der Waals surface area contributed by atoms with Crippen LogP contribution in [0.5, 0.6) is 11.5 Å². The fourth-order valence-electron chi connectivity index (χ4n) is 2.21. The van der Waals surface area contributed by atoms with Crippen LogP contribution in [-0.2, 0) is 4.79 Å². The van der Waals surface area contributed by atoms with E-state index < -0.39 is 0 Å². The van der Waals surface area contributed by atoms with Gasteiger partial charge in [-0.05, 0) is 43.5 Å². The second kappa shape index (κ2) is 12.6. The standard InChI is InChI=1S/C18H28N4O3.HI/c1-19-18(20-11-3-4-17(23)22-14-5-6-14)21-12-13-25-16-9-7-15(24-2)8-10-16;/h7-10,14H,3-6,11-13H2,1-2H3,(H,22,23)(H2,19,20,21);1H. The van der Waals surface area contributed by atoms with Crippen LogP contribution in [0, 0.1) is 0 Å². The number of hydrogen-bond donors (Lipinski definition) is 3. The number of guanidine groups is 1. The molecule has 7 nitrogen and oxygen atoms in total. The largest absolute Gasteiger partial charge is 0.497 e. The van der Waals surface area contributed by atoms with Crippen molar-refractivity contribution >= 4 is 35.8 Å². The van der Waals surface area contributed by atoms with Gasteiger partial charge in [0.25, 0.3) is 0 Å². The van der Waals surface area contributed by atoms with Crippen LogP contribution >= 0.6 is 24.0 Å². The Morgan fingerprint density at radius 3 is 2.42 bits per heavy atom. The molecule has 0 aliphatic heterocycles. The Morgan fingerprint density at radius 1 is 1.15 bits per heavy atom. The third kappa shape index (κ3) is 9.12. The van der Waals surface area contributed by atoms with Crippen LogP contribution in [0.25, 0.3) is 0 Å². The van der Waals surface area contributed by atoms with Gasteiger partial charge in [0.1, 0.15) is 18.1 Å². The Balaban J connectivity index is 0.00000338. The zero-order valence-corrected chi connectivity index (χ0v) is 17.7.